The number of rotatable bonds is 7. The average molecular weight is 283 g/mol. The Hall–Kier alpha value is -1.64. The molecule has 0 aromatic heterocycles. The topological polar surface area (TPSA) is 12.5 Å². The highest BCUT2D eigenvalue weighted by atomic mass is 16.7. The van der Waals surface area contributed by atoms with Gasteiger partial charge in [0.2, 0.25) is 0 Å². The predicted molar refractivity (Wildman–Crippen MR) is 89.7 cm³/mol. The SMILES string of the molecule is CCCCN(OCC)C1C=CC=CC1=Cc1ccccc1. The van der Waals surface area contributed by atoms with Crippen molar-refractivity contribution >= 4 is 6.08 Å². The number of nitrogens with zero attached hydrogens (tertiary/aromatic N) is 1. The van der Waals surface area contributed by atoms with Crippen LogP contribution < -0.4 is 0 Å². The summed E-state index contributed by atoms with van der Waals surface area (Å²) in [6, 6.07) is 10.6. The van der Waals surface area contributed by atoms with Gasteiger partial charge in [-0.3, -0.25) is 4.84 Å². The standard InChI is InChI=1S/C19H25NO/c1-3-5-15-20(21-4-2)19-14-10-9-13-18(19)16-17-11-7-6-8-12-17/h6-14,16,19H,3-5,15H2,1-2H3. The van der Waals surface area contributed by atoms with Gasteiger partial charge in [0.25, 0.3) is 0 Å². The van der Waals surface area contributed by atoms with Crippen molar-refractivity contribution in [3.05, 3.63) is 65.8 Å². The molecule has 0 saturated carbocycles. The molecule has 2 nitrogen and oxygen atoms in total. The fourth-order valence-corrected chi connectivity index (χ4v) is 2.45. The summed E-state index contributed by atoms with van der Waals surface area (Å²) < 4.78 is 0. The molecule has 1 atom stereocenters. The van der Waals surface area contributed by atoms with Crippen molar-refractivity contribution in [2.45, 2.75) is 32.7 Å². The number of benzene rings is 1. The number of hydrogen-bond donors (Lipinski definition) is 0. The monoisotopic (exact) mass is 283 g/mol. The zero-order valence-corrected chi connectivity index (χ0v) is 13.0. The smallest absolute Gasteiger partial charge is 0.0786 e. The van der Waals surface area contributed by atoms with Crippen LogP contribution in [0, 0.1) is 0 Å². The van der Waals surface area contributed by atoms with Crippen molar-refractivity contribution in [2.24, 2.45) is 0 Å². The maximum atomic E-state index is 5.86. The zero-order chi connectivity index (χ0) is 14.9. The van der Waals surface area contributed by atoms with Crippen molar-refractivity contribution in [1.82, 2.24) is 5.06 Å². The maximum absolute atomic E-state index is 5.86. The molecule has 0 radical (unpaired) electrons. The lowest BCUT2D eigenvalue weighted by atomic mass is 9.98. The third kappa shape index (κ3) is 4.69. The van der Waals surface area contributed by atoms with E-state index in [1.165, 1.54) is 17.6 Å². The highest BCUT2D eigenvalue weighted by Crippen LogP contribution is 2.21. The van der Waals surface area contributed by atoms with Crippen molar-refractivity contribution in [2.75, 3.05) is 13.2 Å². The Morgan fingerprint density at radius 1 is 1.14 bits per heavy atom. The van der Waals surface area contributed by atoms with Gasteiger partial charge in [0.1, 0.15) is 0 Å². The van der Waals surface area contributed by atoms with Gasteiger partial charge < -0.3 is 0 Å². The average Bonchev–Trinajstić information content (AvgIpc) is 2.53. The van der Waals surface area contributed by atoms with E-state index in [0.29, 0.717) is 6.61 Å². The summed E-state index contributed by atoms with van der Waals surface area (Å²) in [5, 5.41) is 2.11. The van der Waals surface area contributed by atoms with Crippen LogP contribution in [-0.4, -0.2) is 24.3 Å². The number of unbranched alkanes of at least 4 members (excludes halogenated alkanes) is 1. The number of allylic oxidation sites excluding steroid dienone is 2. The maximum Gasteiger partial charge on any atom is 0.0786 e. The first-order valence-electron chi connectivity index (χ1n) is 7.86. The zero-order valence-electron chi connectivity index (χ0n) is 13.0. The third-order valence-electron chi connectivity index (χ3n) is 3.50. The second kappa shape index (κ2) is 8.60. The van der Waals surface area contributed by atoms with Crippen LogP contribution in [0.1, 0.15) is 32.3 Å². The van der Waals surface area contributed by atoms with Gasteiger partial charge in [0.05, 0.1) is 12.6 Å². The first kappa shape index (κ1) is 15.7. The van der Waals surface area contributed by atoms with Gasteiger partial charge in [-0.25, -0.2) is 0 Å². The predicted octanol–water partition coefficient (Wildman–Crippen LogP) is 4.62. The molecule has 0 fully saturated rings. The van der Waals surface area contributed by atoms with Crippen molar-refractivity contribution < 1.29 is 4.84 Å². The fourth-order valence-electron chi connectivity index (χ4n) is 2.45. The van der Waals surface area contributed by atoms with E-state index in [4.69, 9.17) is 4.84 Å². The molecular weight excluding hydrogens is 258 g/mol. The molecule has 2 heteroatoms. The quantitative estimate of drug-likeness (QED) is 0.677. The van der Waals surface area contributed by atoms with Crippen LogP contribution in [-0.2, 0) is 4.84 Å². The van der Waals surface area contributed by atoms with Gasteiger partial charge in [-0.05, 0) is 30.6 Å². The molecule has 0 heterocycles. The third-order valence-corrected chi connectivity index (χ3v) is 3.50. The Morgan fingerprint density at radius 2 is 1.95 bits per heavy atom. The van der Waals surface area contributed by atoms with E-state index in [1.807, 2.05) is 13.0 Å². The molecule has 0 saturated heterocycles. The molecule has 0 aliphatic heterocycles. The summed E-state index contributed by atoms with van der Waals surface area (Å²) >= 11 is 0. The molecule has 1 aromatic rings. The summed E-state index contributed by atoms with van der Waals surface area (Å²) in [6.07, 6.45) is 13.1. The first-order chi connectivity index (χ1) is 10.3. The van der Waals surface area contributed by atoms with Gasteiger partial charge in [-0.1, -0.05) is 68.0 Å². The Bertz CT molecular complexity index is 502. The van der Waals surface area contributed by atoms with Gasteiger partial charge in [-0.15, -0.1) is 0 Å². The normalized spacial score (nSPS) is 19.6. The second-order valence-corrected chi connectivity index (χ2v) is 5.16. The van der Waals surface area contributed by atoms with E-state index in [0.717, 1.165) is 13.0 Å². The van der Waals surface area contributed by atoms with E-state index in [9.17, 15) is 0 Å². The molecule has 21 heavy (non-hydrogen) atoms. The number of hydrogen-bond acceptors (Lipinski definition) is 2. The van der Waals surface area contributed by atoms with E-state index in [2.05, 4.69) is 66.6 Å². The summed E-state index contributed by atoms with van der Waals surface area (Å²) in [5.74, 6) is 0. The molecule has 2 rings (SSSR count). The van der Waals surface area contributed by atoms with Crippen molar-refractivity contribution in [3.8, 4) is 0 Å². The summed E-state index contributed by atoms with van der Waals surface area (Å²) in [4.78, 5) is 5.86. The van der Waals surface area contributed by atoms with Crippen LogP contribution >= 0.6 is 0 Å². The van der Waals surface area contributed by atoms with Gasteiger partial charge in [0, 0.05) is 6.54 Å². The van der Waals surface area contributed by atoms with Crippen LogP contribution in [0.15, 0.2) is 60.2 Å². The highest BCUT2D eigenvalue weighted by Gasteiger charge is 2.20. The molecule has 1 aliphatic rings. The minimum atomic E-state index is 0.196. The second-order valence-electron chi connectivity index (χ2n) is 5.16. The van der Waals surface area contributed by atoms with E-state index < -0.39 is 0 Å². The van der Waals surface area contributed by atoms with Crippen LogP contribution in [0.3, 0.4) is 0 Å². The molecule has 0 N–H and O–H groups in total. The minimum Gasteiger partial charge on any atom is -0.298 e. The van der Waals surface area contributed by atoms with Gasteiger partial charge in [-0.2, -0.15) is 5.06 Å². The van der Waals surface area contributed by atoms with E-state index in [-0.39, 0.29) is 6.04 Å². The minimum absolute atomic E-state index is 0.196. The Labute approximate surface area is 128 Å². The summed E-state index contributed by atoms with van der Waals surface area (Å²) in [6.45, 7) is 5.92. The first-order valence-corrected chi connectivity index (χ1v) is 7.86. The molecule has 0 spiro atoms. The molecule has 0 amide bonds. The highest BCUT2D eigenvalue weighted by molar-refractivity contribution is 5.59. The van der Waals surface area contributed by atoms with E-state index >= 15 is 0 Å². The Morgan fingerprint density at radius 3 is 2.67 bits per heavy atom. The van der Waals surface area contributed by atoms with Crippen molar-refractivity contribution in [3.63, 3.8) is 0 Å². The van der Waals surface area contributed by atoms with Crippen LogP contribution in [0.25, 0.3) is 6.08 Å². The van der Waals surface area contributed by atoms with Gasteiger partial charge >= 0.3 is 0 Å². The molecule has 112 valence electrons. The molecule has 0 bridgehead atoms. The summed E-state index contributed by atoms with van der Waals surface area (Å²) in [5.41, 5.74) is 2.50. The summed E-state index contributed by atoms with van der Waals surface area (Å²) in [7, 11) is 0. The molecular formula is C19H25NO. The lowest BCUT2D eigenvalue weighted by Crippen LogP contribution is -2.36. The molecule has 1 unspecified atom stereocenters. The Balaban J connectivity index is 2.20. The fraction of sp³-hybridized carbons (Fsp3) is 0.368. The molecule has 1 aromatic carbocycles. The molecule has 1 aliphatic carbocycles. The van der Waals surface area contributed by atoms with Crippen molar-refractivity contribution in [1.29, 1.82) is 0 Å². The lowest BCUT2D eigenvalue weighted by molar-refractivity contribution is -0.165. The van der Waals surface area contributed by atoms with Crippen LogP contribution in [0.4, 0.5) is 0 Å². The van der Waals surface area contributed by atoms with Crippen LogP contribution in [0.2, 0.25) is 0 Å². The van der Waals surface area contributed by atoms with Crippen LogP contribution in [0.5, 0.6) is 0 Å². The lowest BCUT2D eigenvalue weighted by Gasteiger charge is -2.30. The largest absolute Gasteiger partial charge is 0.298 e. The van der Waals surface area contributed by atoms with E-state index in [1.54, 1.807) is 0 Å². The van der Waals surface area contributed by atoms with Gasteiger partial charge in [0.15, 0.2) is 0 Å². The number of hydroxylamine groups is 2. The Kier molecular flexibility index (Phi) is 6.45.